The van der Waals surface area contributed by atoms with Crippen molar-refractivity contribution >= 4 is 33.1 Å². The lowest BCUT2D eigenvalue weighted by atomic mass is 10.3. The van der Waals surface area contributed by atoms with Gasteiger partial charge in [-0.15, -0.1) is 0 Å². The van der Waals surface area contributed by atoms with E-state index in [2.05, 4.69) is 4.98 Å². The fraction of sp³-hybridized carbons (Fsp3) is 0.0667. The number of fused-ring (bicyclic) bond motifs is 1. The van der Waals surface area contributed by atoms with Crippen LogP contribution in [0.25, 0.3) is 10.2 Å². The number of hydrazine groups is 1. The summed E-state index contributed by atoms with van der Waals surface area (Å²) in [5, 5.41) is 11.1. The van der Waals surface area contributed by atoms with E-state index < -0.39 is 17.5 Å². The van der Waals surface area contributed by atoms with E-state index in [1.807, 2.05) is 24.3 Å². The summed E-state index contributed by atoms with van der Waals surface area (Å²) < 4.78 is 6.24. The molecule has 116 valence electrons. The molecule has 0 aliphatic rings. The Morgan fingerprint density at radius 3 is 2.57 bits per heavy atom. The predicted molar refractivity (Wildman–Crippen MR) is 86.0 cm³/mol. The molecule has 0 saturated heterocycles. The van der Waals surface area contributed by atoms with Gasteiger partial charge >= 0.3 is 5.91 Å². The van der Waals surface area contributed by atoms with Crippen molar-refractivity contribution in [3.63, 3.8) is 0 Å². The molecule has 0 unspecified atom stereocenters. The Morgan fingerprint density at radius 2 is 1.87 bits per heavy atom. The minimum Gasteiger partial charge on any atom is -0.460 e. The predicted octanol–water partition coefficient (Wildman–Crippen LogP) is 2.90. The van der Waals surface area contributed by atoms with Crippen molar-refractivity contribution in [3.05, 3.63) is 64.7 Å². The number of thiazole rings is 1. The fourth-order valence-corrected chi connectivity index (χ4v) is 2.81. The quantitative estimate of drug-likeness (QED) is 0.531. The molecular formula is C15H11N3O4S. The third-order valence-corrected chi connectivity index (χ3v) is 3.94. The van der Waals surface area contributed by atoms with E-state index in [0.29, 0.717) is 10.2 Å². The SMILES string of the molecule is O=C(COc1nc2ccccc2s1)N(c1ccccc1)[N+](=O)[O-]. The van der Waals surface area contributed by atoms with Gasteiger partial charge in [-0.3, -0.25) is 4.79 Å². The van der Waals surface area contributed by atoms with Crippen molar-refractivity contribution in [2.75, 3.05) is 11.6 Å². The van der Waals surface area contributed by atoms with E-state index in [1.165, 1.54) is 23.5 Å². The van der Waals surface area contributed by atoms with E-state index in [-0.39, 0.29) is 5.69 Å². The van der Waals surface area contributed by atoms with Gasteiger partial charge in [0.1, 0.15) is 5.69 Å². The number of carbonyl (C=O) groups excluding carboxylic acids is 1. The Bertz CT molecular complexity index is 817. The average molecular weight is 329 g/mol. The lowest BCUT2D eigenvalue weighted by molar-refractivity contribution is -0.484. The maximum absolute atomic E-state index is 12.1. The van der Waals surface area contributed by atoms with Crippen LogP contribution in [0.4, 0.5) is 5.69 Å². The summed E-state index contributed by atoms with van der Waals surface area (Å²) in [4.78, 5) is 27.5. The summed E-state index contributed by atoms with van der Waals surface area (Å²) in [5.74, 6) is -0.777. The fourth-order valence-electron chi connectivity index (χ4n) is 2.00. The average Bonchev–Trinajstić information content (AvgIpc) is 2.96. The normalized spacial score (nSPS) is 10.4. The summed E-state index contributed by atoms with van der Waals surface area (Å²) in [6.07, 6.45) is 0. The first kappa shape index (κ1) is 14.9. The van der Waals surface area contributed by atoms with Gasteiger partial charge in [-0.1, -0.05) is 41.7 Å². The van der Waals surface area contributed by atoms with Crippen molar-refractivity contribution in [2.24, 2.45) is 0 Å². The largest absolute Gasteiger partial charge is 0.460 e. The molecule has 0 spiro atoms. The Balaban J connectivity index is 1.73. The number of benzene rings is 2. The molecule has 23 heavy (non-hydrogen) atoms. The zero-order valence-electron chi connectivity index (χ0n) is 11.8. The third kappa shape index (κ3) is 3.27. The van der Waals surface area contributed by atoms with E-state index in [1.54, 1.807) is 18.2 Å². The van der Waals surface area contributed by atoms with Gasteiger partial charge < -0.3 is 4.74 Å². The number of nitro groups is 1. The van der Waals surface area contributed by atoms with Gasteiger partial charge in [-0.05, 0) is 29.3 Å². The number of aromatic nitrogens is 1. The van der Waals surface area contributed by atoms with Crippen molar-refractivity contribution in [1.29, 1.82) is 0 Å². The monoisotopic (exact) mass is 329 g/mol. The Labute approximate surface area is 134 Å². The van der Waals surface area contributed by atoms with Gasteiger partial charge in [0.25, 0.3) is 5.19 Å². The first-order valence-corrected chi connectivity index (χ1v) is 7.47. The summed E-state index contributed by atoms with van der Waals surface area (Å²) >= 11 is 1.28. The van der Waals surface area contributed by atoms with E-state index in [0.717, 1.165) is 10.2 Å². The van der Waals surface area contributed by atoms with Crippen molar-refractivity contribution in [3.8, 4) is 5.19 Å². The minimum absolute atomic E-state index is 0.176. The topological polar surface area (TPSA) is 85.6 Å². The molecule has 0 N–H and O–H groups in total. The molecule has 0 aliphatic carbocycles. The molecule has 1 aromatic heterocycles. The zero-order valence-corrected chi connectivity index (χ0v) is 12.6. The number of ether oxygens (including phenoxy) is 1. The first-order chi connectivity index (χ1) is 11.1. The summed E-state index contributed by atoms with van der Waals surface area (Å²) in [6, 6.07) is 15.4. The molecular weight excluding hydrogens is 318 g/mol. The summed E-state index contributed by atoms with van der Waals surface area (Å²) in [7, 11) is 0. The molecule has 8 heteroatoms. The second-order valence-corrected chi connectivity index (χ2v) is 5.51. The summed E-state index contributed by atoms with van der Waals surface area (Å²) in [5.41, 5.74) is 0.935. The smallest absolute Gasteiger partial charge is 0.326 e. The number of hydrogen-bond acceptors (Lipinski definition) is 6. The first-order valence-electron chi connectivity index (χ1n) is 6.66. The number of amides is 1. The second kappa shape index (κ2) is 6.41. The third-order valence-electron chi connectivity index (χ3n) is 2.99. The van der Waals surface area contributed by atoms with Gasteiger partial charge in [0, 0.05) is 0 Å². The van der Waals surface area contributed by atoms with Crippen molar-refractivity contribution in [1.82, 2.24) is 4.98 Å². The molecule has 1 heterocycles. The molecule has 2 aromatic carbocycles. The maximum Gasteiger partial charge on any atom is 0.326 e. The number of para-hydroxylation sites is 2. The number of hydrogen-bond donors (Lipinski definition) is 0. The number of rotatable bonds is 5. The molecule has 0 atom stereocenters. The molecule has 0 fully saturated rings. The second-order valence-electron chi connectivity index (χ2n) is 4.52. The van der Waals surface area contributed by atoms with Crippen LogP contribution in [0.2, 0.25) is 0 Å². The number of anilines is 1. The Hall–Kier alpha value is -3.00. The maximum atomic E-state index is 12.1. The Kier molecular flexibility index (Phi) is 4.15. The molecule has 0 bridgehead atoms. The molecule has 3 rings (SSSR count). The van der Waals surface area contributed by atoms with E-state index in [4.69, 9.17) is 4.74 Å². The molecule has 0 saturated carbocycles. The zero-order chi connectivity index (χ0) is 16.2. The molecule has 3 aromatic rings. The van der Waals surface area contributed by atoms with Gasteiger partial charge in [0.15, 0.2) is 11.6 Å². The van der Waals surface area contributed by atoms with Crippen LogP contribution in [-0.4, -0.2) is 22.5 Å². The van der Waals surface area contributed by atoms with Crippen LogP contribution in [-0.2, 0) is 4.79 Å². The number of nitrogens with zero attached hydrogens (tertiary/aromatic N) is 3. The van der Waals surface area contributed by atoms with Crippen LogP contribution in [0.1, 0.15) is 0 Å². The van der Waals surface area contributed by atoms with Crippen LogP contribution in [0, 0.1) is 10.1 Å². The standard InChI is InChI=1S/C15H11N3O4S/c19-14(17(18(20)21)11-6-2-1-3-7-11)10-22-15-16-12-8-4-5-9-13(12)23-15/h1-9H,10H2. The highest BCUT2D eigenvalue weighted by Gasteiger charge is 2.27. The van der Waals surface area contributed by atoms with E-state index in [9.17, 15) is 14.9 Å². The van der Waals surface area contributed by atoms with Crippen molar-refractivity contribution in [2.45, 2.75) is 0 Å². The lowest BCUT2D eigenvalue weighted by Gasteiger charge is -2.11. The minimum atomic E-state index is -0.777. The van der Waals surface area contributed by atoms with Crippen LogP contribution >= 0.6 is 11.3 Å². The lowest BCUT2D eigenvalue weighted by Crippen LogP contribution is -2.39. The highest BCUT2D eigenvalue weighted by Crippen LogP contribution is 2.27. The van der Waals surface area contributed by atoms with E-state index >= 15 is 0 Å². The Morgan fingerprint density at radius 1 is 1.17 bits per heavy atom. The van der Waals surface area contributed by atoms with Crippen LogP contribution < -0.4 is 9.75 Å². The molecule has 1 amide bonds. The van der Waals surface area contributed by atoms with Gasteiger partial charge in [-0.2, -0.15) is 0 Å². The van der Waals surface area contributed by atoms with Gasteiger partial charge in [-0.25, -0.2) is 15.1 Å². The van der Waals surface area contributed by atoms with Crippen LogP contribution in [0.5, 0.6) is 5.19 Å². The highest BCUT2D eigenvalue weighted by molar-refractivity contribution is 7.20. The van der Waals surface area contributed by atoms with Crippen molar-refractivity contribution < 1.29 is 14.6 Å². The van der Waals surface area contributed by atoms with Crippen LogP contribution in [0.3, 0.4) is 0 Å². The van der Waals surface area contributed by atoms with Gasteiger partial charge in [0.2, 0.25) is 0 Å². The number of carbonyl (C=O) groups is 1. The summed E-state index contributed by atoms with van der Waals surface area (Å²) in [6.45, 7) is -0.463. The molecule has 0 radical (unpaired) electrons. The molecule has 7 nitrogen and oxygen atoms in total. The van der Waals surface area contributed by atoms with Gasteiger partial charge in [0.05, 0.1) is 10.2 Å². The molecule has 0 aliphatic heterocycles. The van der Waals surface area contributed by atoms with Crippen LogP contribution in [0.15, 0.2) is 54.6 Å². The highest BCUT2D eigenvalue weighted by atomic mass is 32.1.